The second kappa shape index (κ2) is 3.62. The molecule has 0 aliphatic heterocycles. The van der Waals surface area contributed by atoms with Crippen LogP contribution < -0.4 is 5.73 Å². The monoisotopic (exact) mass is 191 g/mol. The molecule has 1 fully saturated rings. The van der Waals surface area contributed by atoms with Gasteiger partial charge in [0.15, 0.2) is 0 Å². The van der Waals surface area contributed by atoms with Crippen LogP contribution in [0.15, 0.2) is 18.2 Å². The Hall–Kier alpha value is -1.02. The molecule has 76 valence electrons. The van der Waals surface area contributed by atoms with E-state index < -0.39 is 0 Å². The lowest BCUT2D eigenvalue weighted by Gasteiger charge is -2.12. The first-order valence-corrected chi connectivity index (χ1v) is 5.22. The van der Waals surface area contributed by atoms with E-state index in [0.717, 1.165) is 23.5 Å². The van der Waals surface area contributed by atoms with Crippen LogP contribution in [0.3, 0.4) is 0 Å². The smallest absolute Gasteiger partial charge is 0.118 e. The van der Waals surface area contributed by atoms with Gasteiger partial charge in [0, 0.05) is 6.04 Å². The molecule has 0 heterocycles. The molecule has 0 unspecified atom stereocenters. The molecule has 1 atom stereocenters. The number of nitrogens with two attached hydrogens (primary N) is 1. The van der Waals surface area contributed by atoms with E-state index in [1.54, 1.807) is 6.07 Å². The zero-order valence-corrected chi connectivity index (χ0v) is 8.53. The summed E-state index contributed by atoms with van der Waals surface area (Å²) in [6, 6.07) is 5.83. The Balaban J connectivity index is 2.10. The standard InChI is InChI=1S/C12H17NO/c1-8-2-5-10(7-12(8)14)11(13)6-9-3-4-9/h2,5,7,9,11,14H,3-4,6,13H2,1H3/t11-/m1/s1. The van der Waals surface area contributed by atoms with Crippen LogP contribution in [0.2, 0.25) is 0 Å². The van der Waals surface area contributed by atoms with Gasteiger partial charge in [-0.3, -0.25) is 0 Å². The van der Waals surface area contributed by atoms with E-state index in [2.05, 4.69) is 0 Å². The van der Waals surface area contributed by atoms with Crippen LogP contribution in [0.1, 0.15) is 36.4 Å². The number of aromatic hydroxyl groups is 1. The summed E-state index contributed by atoms with van der Waals surface area (Å²) in [6.45, 7) is 1.89. The third-order valence-electron chi connectivity index (χ3n) is 2.95. The van der Waals surface area contributed by atoms with Crippen molar-refractivity contribution in [3.05, 3.63) is 29.3 Å². The number of benzene rings is 1. The molecule has 0 radical (unpaired) electrons. The molecule has 14 heavy (non-hydrogen) atoms. The number of rotatable bonds is 3. The maximum atomic E-state index is 9.54. The van der Waals surface area contributed by atoms with Gasteiger partial charge in [-0.05, 0) is 36.5 Å². The second-order valence-corrected chi connectivity index (χ2v) is 4.33. The number of hydrogen-bond acceptors (Lipinski definition) is 2. The van der Waals surface area contributed by atoms with Gasteiger partial charge >= 0.3 is 0 Å². The fourth-order valence-electron chi connectivity index (χ4n) is 1.71. The highest BCUT2D eigenvalue weighted by Crippen LogP contribution is 2.37. The molecule has 0 saturated heterocycles. The van der Waals surface area contributed by atoms with Gasteiger partial charge in [0.2, 0.25) is 0 Å². The van der Waals surface area contributed by atoms with Gasteiger partial charge in [-0.15, -0.1) is 0 Å². The van der Waals surface area contributed by atoms with Gasteiger partial charge in [0.1, 0.15) is 5.75 Å². The Kier molecular flexibility index (Phi) is 2.46. The first kappa shape index (κ1) is 9.53. The minimum atomic E-state index is 0.0917. The second-order valence-electron chi connectivity index (χ2n) is 4.33. The average molecular weight is 191 g/mol. The molecule has 0 aromatic heterocycles. The van der Waals surface area contributed by atoms with E-state index in [4.69, 9.17) is 5.73 Å². The van der Waals surface area contributed by atoms with Gasteiger partial charge in [0.25, 0.3) is 0 Å². The number of hydrogen-bond donors (Lipinski definition) is 2. The van der Waals surface area contributed by atoms with Crippen LogP contribution in [0.4, 0.5) is 0 Å². The van der Waals surface area contributed by atoms with Crippen molar-refractivity contribution in [1.82, 2.24) is 0 Å². The maximum Gasteiger partial charge on any atom is 0.118 e. The molecule has 0 amide bonds. The quantitative estimate of drug-likeness (QED) is 0.771. The van der Waals surface area contributed by atoms with Crippen molar-refractivity contribution in [3.63, 3.8) is 0 Å². The van der Waals surface area contributed by atoms with Crippen LogP contribution >= 0.6 is 0 Å². The molecule has 2 rings (SSSR count). The van der Waals surface area contributed by atoms with Crippen molar-refractivity contribution in [1.29, 1.82) is 0 Å². The zero-order chi connectivity index (χ0) is 10.1. The molecule has 1 aliphatic carbocycles. The molecule has 1 aliphatic rings. The average Bonchev–Trinajstić information content (AvgIpc) is 2.93. The first-order valence-electron chi connectivity index (χ1n) is 5.22. The fourth-order valence-corrected chi connectivity index (χ4v) is 1.71. The highest BCUT2D eigenvalue weighted by atomic mass is 16.3. The predicted octanol–water partition coefficient (Wildman–Crippen LogP) is 2.50. The summed E-state index contributed by atoms with van der Waals surface area (Å²) in [4.78, 5) is 0. The molecular weight excluding hydrogens is 174 g/mol. The van der Waals surface area contributed by atoms with Crippen molar-refractivity contribution in [2.45, 2.75) is 32.2 Å². The van der Waals surface area contributed by atoms with Crippen LogP contribution in [-0.2, 0) is 0 Å². The summed E-state index contributed by atoms with van der Waals surface area (Å²) in [7, 11) is 0. The van der Waals surface area contributed by atoms with E-state index in [-0.39, 0.29) is 6.04 Å². The molecule has 1 aromatic rings. The zero-order valence-electron chi connectivity index (χ0n) is 8.53. The van der Waals surface area contributed by atoms with Crippen molar-refractivity contribution < 1.29 is 5.11 Å². The minimum Gasteiger partial charge on any atom is -0.508 e. The van der Waals surface area contributed by atoms with Gasteiger partial charge in [-0.2, -0.15) is 0 Å². The third-order valence-corrected chi connectivity index (χ3v) is 2.95. The molecule has 1 aromatic carbocycles. The Bertz CT molecular complexity index is 331. The largest absolute Gasteiger partial charge is 0.508 e. The van der Waals surface area contributed by atoms with Crippen molar-refractivity contribution >= 4 is 0 Å². The van der Waals surface area contributed by atoms with E-state index in [1.165, 1.54) is 12.8 Å². The Morgan fingerprint density at radius 3 is 2.79 bits per heavy atom. The highest BCUT2D eigenvalue weighted by molar-refractivity contribution is 5.36. The normalized spacial score (nSPS) is 18.1. The topological polar surface area (TPSA) is 46.2 Å². The molecular formula is C12H17NO. The van der Waals surface area contributed by atoms with E-state index >= 15 is 0 Å². The van der Waals surface area contributed by atoms with Crippen molar-refractivity contribution in [2.24, 2.45) is 11.7 Å². The Morgan fingerprint density at radius 2 is 2.21 bits per heavy atom. The molecule has 1 saturated carbocycles. The minimum absolute atomic E-state index is 0.0917. The lowest BCUT2D eigenvalue weighted by Crippen LogP contribution is -2.10. The van der Waals surface area contributed by atoms with Crippen LogP contribution in [0.25, 0.3) is 0 Å². The van der Waals surface area contributed by atoms with E-state index in [1.807, 2.05) is 19.1 Å². The van der Waals surface area contributed by atoms with E-state index in [0.29, 0.717) is 5.75 Å². The first-order chi connectivity index (χ1) is 6.66. The maximum absolute atomic E-state index is 9.54. The van der Waals surface area contributed by atoms with Crippen LogP contribution in [-0.4, -0.2) is 5.11 Å². The predicted molar refractivity (Wildman–Crippen MR) is 57.1 cm³/mol. The van der Waals surface area contributed by atoms with Gasteiger partial charge in [-0.25, -0.2) is 0 Å². The molecule has 3 N–H and O–H groups in total. The fraction of sp³-hybridized carbons (Fsp3) is 0.500. The highest BCUT2D eigenvalue weighted by Gasteiger charge is 2.24. The van der Waals surface area contributed by atoms with Crippen molar-refractivity contribution in [2.75, 3.05) is 0 Å². The SMILES string of the molecule is Cc1ccc([C@H](N)CC2CC2)cc1O. The Morgan fingerprint density at radius 1 is 1.50 bits per heavy atom. The number of aryl methyl sites for hydroxylation is 1. The summed E-state index contributed by atoms with van der Waals surface area (Å²) in [6.07, 6.45) is 3.71. The number of phenolic OH excluding ortho intramolecular Hbond substituents is 1. The third kappa shape index (κ3) is 2.07. The Labute approximate surface area is 84.7 Å². The summed E-state index contributed by atoms with van der Waals surface area (Å²) < 4.78 is 0. The number of phenols is 1. The summed E-state index contributed by atoms with van der Waals surface area (Å²) in [5.74, 6) is 1.18. The van der Waals surface area contributed by atoms with Crippen LogP contribution in [0.5, 0.6) is 5.75 Å². The van der Waals surface area contributed by atoms with Gasteiger partial charge < -0.3 is 10.8 Å². The molecule has 0 bridgehead atoms. The van der Waals surface area contributed by atoms with Gasteiger partial charge in [0.05, 0.1) is 0 Å². The summed E-state index contributed by atoms with van der Waals surface area (Å²) >= 11 is 0. The van der Waals surface area contributed by atoms with E-state index in [9.17, 15) is 5.11 Å². The van der Waals surface area contributed by atoms with Gasteiger partial charge in [-0.1, -0.05) is 25.0 Å². The van der Waals surface area contributed by atoms with Crippen molar-refractivity contribution in [3.8, 4) is 5.75 Å². The lowest BCUT2D eigenvalue weighted by atomic mass is 10.0. The summed E-state index contributed by atoms with van der Waals surface area (Å²) in [5.41, 5.74) is 8.01. The molecule has 2 heteroatoms. The summed E-state index contributed by atoms with van der Waals surface area (Å²) in [5, 5.41) is 9.54. The van der Waals surface area contributed by atoms with Crippen LogP contribution in [0, 0.1) is 12.8 Å². The molecule has 2 nitrogen and oxygen atoms in total. The molecule has 0 spiro atoms. The lowest BCUT2D eigenvalue weighted by molar-refractivity contribution is 0.468.